The van der Waals surface area contributed by atoms with Crippen LogP contribution < -0.4 is 5.73 Å². The summed E-state index contributed by atoms with van der Waals surface area (Å²) in [4.78, 5) is 13.6. The number of nitrogens with two attached hydrogens (primary N) is 1. The van der Waals surface area contributed by atoms with Gasteiger partial charge in [-0.1, -0.05) is 6.92 Å². The third-order valence-electron chi connectivity index (χ3n) is 3.53. The number of hydrogen-bond donors (Lipinski definition) is 1. The Labute approximate surface area is 123 Å². The van der Waals surface area contributed by atoms with E-state index < -0.39 is 0 Å². The minimum atomic E-state index is 0.592. The zero-order chi connectivity index (χ0) is 14.7. The molecule has 0 radical (unpaired) electrons. The maximum Gasteiger partial charge on any atom is 0.146 e. The first-order chi connectivity index (χ1) is 9.56. The van der Waals surface area contributed by atoms with Gasteiger partial charge < -0.3 is 10.5 Å². The zero-order valence-corrected chi connectivity index (χ0v) is 13.4. The molecular weight excluding hydrogens is 272 g/mol. The Kier molecular flexibility index (Phi) is 4.91. The maximum atomic E-state index is 6.10. The van der Waals surface area contributed by atoms with E-state index in [0.717, 1.165) is 29.1 Å². The summed E-state index contributed by atoms with van der Waals surface area (Å²) in [5.41, 5.74) is 7.30. The predicted octanol–water partition coefficient (Wildman–Crippen LogP) is 2.36. The molecule has 2 aromatic rings. The highest BCUT2D eigenvalue weighted by Gasteiger charge is 2.14. The monoisotopic (exact) mass is 294 g/mol. The van der Waals surface area contributed by atoms with E-state index in [1.165, 1.54) is 10.4 Å². The lowest BCUT2D eigenvalue weighted by atomic mass is 10.2. The molecule has 0 bridgehead atoms. The molecule has 0 aromatic carbocycles. The van der Waals surface area contributed by atoms with Crippen molar-refractivity contribution >= 4 is 27.4 Å². The quantitative estimate of drug-likeness (QED) is 0.886. The molecule has 2 N–H and O–H groups in total. The molecule has 0 fully saturated rings. The van der Waals surface area contributed by atoms with Crippen molar-refractivity contribution in [2.24, 2.45) is 0 Å². The van der Waals surface area contributed by atoms with Crippen molar-refractivity contribution < 1.29 is 4.74 Å². The van der Waals surface area contributed by atoms with E-state index in [0.29, 0.717) is 19.0 Å². The summed E-state index contributed by atoms with van der Waals surface area (Å²) in [6.07, 6.45) is 0. The summed E-state index contributed by atoms with van der Waals surface area (Å²) in [6, 6.07) is 0. The van der Waals surface area contributed by atoms with Crippen LogP contribution in [0.25, 0.3) is 10.2 Å². The Bertz CT molecular complexity index is 596. The topological polar surface area (TPSA) is 64.3 Å². The van der Waals surface area contributed by atoms with Gasteiger partial charge in [0.2, 0.25) is 0 Å². The van der Waals surface area contributed by atoms with E-state index in [4.69, 9.17) is 10.5 Å². The number of methoxy groups -OCH3 is 1. The largest absolute Gasteiger partial charge is 0.383 e. The number of ether oxygens (including phenoxy) is 1. The highest BCUT2D eigenvalue weighted by atomic mass is 32.1. The van der Waals surface area contributed by atoms with E-state index in [-0.39, 0.29) is 0 Å². The highest BCUT2D eigenvalue weighted by molar-refractivity contribution is 7.18. The maximum absolute atomic E-state index is 6.10. The third-order valence-corrected chi connectivity index (χ3v) is 4.63. The fourth-order valence-electron chi connectivity index (χ4n) is 2.17. The van der Waals surface area contributed by atoms with Crippen LogP contribution in [0.3, 0.4) is 0 Å². The van der Waals surface area contributed by atoms with E-state index in [1.807, 2.05) is 0 Å². The van der Waals surface area contributed by atoms with E-state index in [1.54, 1.807) is 18.4 Å². The molecule has 0 unspecified atom stereocenters. The molecule has 0 atom stereocenters. The predicted molar refractivity (Wildman–Crippen MR) is 84.1 cm³/mol. The summed E-state index contributed by atoms with van der Waals surface area (Å²) in [5, 5.41) is 1.01. The van der Waals surface area contributed by atoms with Gasteiger partial charge in [-0.25, -0.2) is 9.97 Å². The van der Waals surface area contributed by atoms with Gasteiger partial charge in [0.25, 0.3) is 0 Å². The number of nitrogens with zero attached hydrogens (tertiary/aromatic N) is 3. The zero-order valence-electron chi connectivity index (χ0n) is 12.6. The first-order valence-corrected chi connectivity index (χ1v) is 7.61. The van der Waals surface area contributed by atoms with Gasteiger partial charge in [0.05, 0.1) is 18.5 Å². The molecule has 2 aromatic heterocycles. The molecule has 20 heavy (non-hydrogen) atoms. The fourth-order valence-corrected chi connectivity index (χ4v) is 3.22. The third kappa shape index (κ3) is 3.08. The fraction of sp³-hybridized carbons (Fsp3) is 0.571. The van der Waals surface area contributed by atoms with Crippen molar-refractivity contribution in [1.82, 2.24) is 14.9 Å². The second-order valence-corrected chi connectivity index (χ2v) is 6.05. The normalized spacial score (nSPS) is 11.7. The number of likely N-dealkylation sites (N-methyl/N-ethyl adjacent to an activating group) is 1. The Morgan fingerprint density at radius 2 is 2.05 bits per heavy atom. The molecule has 2 rings (SSSR count). The van der Waals surface area contributed by atoms with Gasteiger partial charge in [0.15, 0.2) is 0 Å². The molecule has 2 heterocycles. The second kappa shape index (κ2) is 6.47. The summed E-state index contributed by atoms with van der Waals surface area (Å²) in [7, 11) is 1.71. The molecular formula is C14H22N4OS. The Hall–Kier alpha value is -1.24. The van der Waals surface area contributed by atoms with Crippen LogP contribution in [0.1, 0.15) is 23.2 Å². The smallest absolute Gasteiger partial charge is 0.146 e. The van der Waals surface area contributed by atoms with Crippen molar-refractivity contribution in [3.8, 4) is 0 Å². The number of fused-ring (bicyclic) bond motifs is 1. The SMILES string of the molecule is CCN(CCOC)Cc1nc(N)c2c(C)c(C)sc2n1. The lowest BCUT2D eigenvalue weighted by Crippen LogP contribution is -2.27. The molecule has 0 saturated carbocycles. The van der Waals surface area contributed by atoms with Crippen LogP contribution >= 0.6 is 11.3 Å². The van der Waals surface area contributed by atoms with Crippen molar-refractivity contribution in [3.63, 3.8) is 0 Å². The average molecular weight is 294 g/mol. The molecule has 0 amide bonds. The molecule has 110 valence electrons. The van der Waals surface area contributed by atoms with Gasteiger partial charge in [0, 0.05) is 18.5 Å². The minimum Gasteiger partial charge on any atom is -0.383 e. The lowest BCUT2D eigenvalue weighted by Gasteiger charge is -2.18. The van der Waals surface area contributed by atoms with Crippen LogP contribution in [0.4, 0.5) is 5.82 Å². The Morgan fingerprint density at radius 3 is 2.70 bits per heavy atom. The van der Waals surface area contributed by atoms with Gasteiger partial charge in [-0.15, -0.1) is 11.3 Å². The summed E-state index contributed by atoms with van der Waals surface area (Å²) in [6.45, 7) is 9.52. The van der Waals surface area contributed by atoms with Gasteiger partial charge in [0.1, 0.15) is 16.5 Å². The van der Waals surface area contributed by atoms with E-state index in [9.17, 15) is 0 Å². The number of nitrogen functional groups attached to an aromatic ring is 1. The number of thiophene rings is 1. The second-order valence-electron chi connectivity index (χ2n) is 4.85. The molecule has 0 spiro atoms. The van der Waals surface area contributed by atoms with Crippen molar-refractivity contribution in [1.29, 1.82) is 0 Å². The van der Waals surface area contributed by atoms with E-state index in [2.05, 4.69) is 35.6 Å². The van der Waals surface area contributed by atoms with Gasteiger partial charge in [-0.3, -0.25) is 4.90 Å². The van der Waals surface area contributed by atoms with Crippen LogP contribution in [0, 0.1) is 13.8 Å². The number of aryl methyl sites for hydroxylation is 2. The first-order valence-electron chi connectivity index (χ1n) is 6.80. The van der Waals surface area contributed by atoms with Crippen molar-refractivity contribution in [2.75, 3.05) is 32.5 Å². The summed E-state index contributed by atoms with van der Waals surface area (Å²) >= 11 is 1.69. The number of aromatic nitrogens is 2. The standard InChI is InChI=1S/C14H22N4OS/c1-5-18(6-7-19-4)8-11-16-13(15)12-9(2)10(3)20-14(12)17-11/h5-8H2,1-4H3,(H2,15,16,17). The van der Waals surface area contributed by atoms with Gasteiger partial charge in [-0.2, -0.15) is 0 Å². The summed E-state index contributed by atoms with van der Waals surface area (Å²) < 4.78 is 5.12. The number of rotatable bonds is 6. The van der Waals surface area contributed by atoms with Crippen LogP contribution in [0.15, 0.2) is 0 Å². The first kappa shape index (κ1) is 15.2. The van der Waals surface area contributed by atoms with Crippen molar-refractivity contribution in [3.05, 3.63) is 16.3 Å². The highest BCUT2D eigenvalue weighted by Crippen LogP contribution is 2.31. The van der Waals surface area contributed by atoms with Crippen LogP contribution in [0.2, 0.25) is 0 Å². The lowest BCUT2D eigenvalue weighted by molar-refractivity contribution is 0.146. The average Bonchev–Trinajstić information content (AvgIpc) is 2.70. The Balaban J connectivity index is 2.27. The summed E-state index contributed by atoms with van der Waals surface area (Å²) in [5.74, 6) is 1.38. The molecule has 0 aliphatic carbocycles. The van der Waals surface area contributed by atoms with Gasteiger partial charge in [-0.05, 0) is 26.0 Å². The van der Waals surface area contributed by atoms with Gasteiger partial charge >= 0.3 is 0 Å². The molecule has 6 heteroatoms. The van der Waals surface area contributed by atoms with E-state index >= 15 is 0 Å². The number of hydrogen-bond acceptors (Lipinski definition) is 6. The van der Waals surface area contributed by atoms with Crippen molar-refractivity contribution in [2.45, 2.75) is 27.3 Å². The minimum absolute atomic E-state index is 0.592. The van der Waals surface area contributed by atoms with Crippen LogP contribution in [-0.4, -0.2) is 41.7 Å². The Morgan fingerprint density at radius 1 is 1.30 bits per heavy atom. The molecule has 0 aliphatic heterocycles. The van der Waals surface area contributed by atoms with Crippen LogP contribution in [-0.2, 0) is 11.3 Å². The molecule has 0 saturated heterocycles. The molecule has 5 nitrogen and oxygen atoms in total. The van der Waals surface area contributed by atoms with Crippen LogP contribution in [0.5, 0.6) is 0 Å². The number of anilines is 1. The molecule has 0 aliphatic rings.